The van der Waals surface area contributed by atoms with Crippen molar-refractivity contribution in [2.45, 2.75) is 25.6 Å². The number of rotatable bonds is 2. The molecule has 1 unspecified atom stereocenters. The number of hydrogen-bond acceptors (Lipinski definition) is 4. The van der Waals surface area contributed by atoms with Crippen LogP contribution in [0.5, 0.6) is 0 Å². The van der Waals surface area contributed by atoms with Crippen molar-refractivity contribution in [1.82, 2.24) is 14.5 Å². The first kappa shape index (κ1) is 13.0. The van der Waals surface area contributed by atoms with Crippen molar-refractivity contribution in [1.29, 1.82) is 0 Å². The van der Waals surface area contributed by atoms with Gasteiger partial charge >= 0.3 is 0 Å². The Bertz CT molecular complexity index is 442. The molecule has 1 atom stereocenters. The fourth-order valence-corrected chi connectivity index (χ4v) is 2.23. The van der Waals surface area contributed by atoms with Crippen LogP contribution in [-0.4, -0.2) is 56.9 Å². The summed E-state index contributed by atoms with van der Waals surface area (Å²) in [6.07, 6.45) is 2.96. The zero-order chi connectivity index (χ0) is 13.3. The number of imidazole rings is 1. The van der Waals surface area contributed by atoms with Crippen LogP contribution in [0.4, 0.5) is 0 Å². The van der Waals surface area contributed by atoms with Gasteiger partial charge in [0.15, 0.2) is 0 Å². The number of carbonyl (C=O) groups is 1. The molecule has 1 N–H and O–H groups in total. The van der Waals surface area contributed by atoms with Crippen molar-refractivity contribution in [3.8, 4) is 0 Å². The highest BCUT2D eigenvalue weighted by atomic mass is 16.5. The summed E-state index contributed by atoms with van der Waals surface area (Å²) in [5.74, 6) is -0.120. The lowest BCUT2D eigenvalue weighted by Crippen LogP contribution is -2.55. The van der Waals surface area contributed by atoms with Crippen molar-refractivity contribution in [3.05, 3.63) is 18.2 Å². The van der Waals surface area contributed by atoms with E-state index in [1.807, 2.05) is 20.9 Å². The van der Waals surface area contributed by atoms with Crippen molar-refractivity contribution < 1.29 is 14.6 Å². The van der Waals surface area contributed by atoms with Crippen molar-refractivity contribution >= 4 is 5.91 Å². The number of aliphatic hydroxyl groups is 1. The topological polar surface area (TPSA) is 67.6 Å². The molecule has 18 heavy (non-hydrogen) atoms. The van der Waals surface area contributed by atoms with Gasteiger partial charge in [-0.15, -0.1) is 0 Å². The minimum atomic E-state index is -0.448. The maximum Gasteiger partial charge on any atom is 0.274 e. The molecule has 0 saturated carbocycles. The molecule has 100 valence electrons. The Balaban J connectivity index is 2.14. The number of aromatic nitrogens is 2. The molecule has 1 aliphatic heterocycles. The molecule has 1 aliphatic rings. The van der Waals surface area contributed by atoms with Gasteiger partial charge in [0.05, 0.1) is 24.6 Å². The van der Waals surface area contributed by atoms with E-state index in [4.69, 9.17) is 4.74 Å². The third-order valence-corrected chi connectivity index (χ3v) is 2.90. The van der Waals surface area contributed by atoms with E-state index in [0.29, 0.717) is 18.8 Å². The van der Waals surface area contributed by atoms with Crippen LogP contribution in [0.3, 0.4) is 0 Å². The quantitative estimate of drug-likeness (QED) is 0.807. The molecule has 1 saturated heterocycles. The smallest absolute Gasteiger partial charge is 0.274 e. The number of nitrogens with zero attached hydrogens (tertiary/aromatic N) is 3. The molecular weight excluding hydrogens is 234 g/mol. The minimum Gasteiger partial charge on any atom is -0.394 e. The van der Waals surface area contributed by atoms with E-state index in [-0.39, 0.29) is 18.6 Å². The normalized spacial score (nSPS) is 23.1. The standard InChI is InChI=1S/C12H19N3O3/c1-12(2)7-15(4-9(6-16)18-12)11(17)10-5-14(3)8-13-10/h5,8-9,16H,4,6-7H2,1-3H3. The predicted octanol–water partition coefficient (Wildman–Crippen LogP) is 0.0320. The van der Waals surface area contributed by atoms with Crippen LogP contribution in [0.25, 0.3) is 0 Å². The van der Waals surface area contributed by atoms with Gasteiger partial charge in [0.2, 0.25) is 0 Å². The average molecular weight is 253 g/mol. The van der Waals surface area contributed by atoms with Gasteiger partial charge in [0, 0.05) is 26.3 Å². The van der Waals surface area contributed by atoms with Crippen LogP contribution in [0.2, 0.25) is 0 Å². The summed E-state index contributed by atoms with van der Waals surface area (Å²) in [5, 5.41) is 9.21. The lowest BCUT2D eigenvalue weighted by atomic mass is 10.0. The Morgan fingerprint density at radius 2 is 2.39 bits per heavy atom. The number of carbonyl (C=O) groups excluding carboxylic acids is 1. The molecule has 2 heterocycles. The minimum absolute atomic E-state index is 0.0879. The first-order valence-electron chi connectivity index (χ1n) is 5.97. The predicted molar refractivity (Wildman–Crippen MR) is 65.1 cm³/mol. The molecule has 6 heteroatoms. The summed E-state index contributed by atoms with van der Waals surface area (Å²) in [4.78, 5) is 18.0. The van der Waals surface area contributed by atoms with Gasteiger partial charge < -0.3 is 19.3 Å². The number of aryl methyl sites for hydroxylation is 1. The zero-order valence-electron chi connectivity index (χ0n) is 11.0. The van der Waals surface area contributed by atoms with Gasteiger partial charge in [-0.25, -0.2) is 4.98 Å². The monoisotopic (exact) mass is 253 g/mol. The van der Waals surface area contributed by atoms with Gasteiger partial charge in [-0.3, -0.25) is 4.79 Å². The fourth-order valence-electron chi connectivity index (χ4n) is 2.23. The molecule has 1 aromatic heterocycles. The molecule has 0 radical (unpaired) electrons. The molecule has 0 bridgehead atoms. The summed E-state index contributed by atoms with van der Waals surface area (Å²) in [7, 11) is 1.82. The number of aliphatic hydroxyl groups excluding tert-OH is 1. The Labute approximate surface area is 106 Å². The second-order valence-corrected chi connectivity index (χ2v) is 5.29. The molecule has 1 amide bonds. The highest BCUT2D eigenvalue weighted by molar-refractivity contribution is 5.92. The van der Waals surface area contributed by atoms with Crippen LogP contribution >= 0.6 is 0 Å². The van der Waals surface area contributed by atoms with E-state index in [0.717, 1.165) is 0 Å². The van der Waals surface area contributed by atoms with Gasteiger partial charge in [-0.1, -0.05) is 0 Å². The molecule has 0 aliphatic carbocycles. The number of ether oxygens (including phenoxy) is 1. The molecule has 0 aromatic carbocycles. The van der Waals surface area contributed by atoms with Crippen LogP contribution in [-0.2, 0) is 11.8 Å². The van der Waals surface area contributed by atoms with E-state index in [1.54, 1.807) is 22.0 Å². The van der Waals surface area contributed by atoms with E-state index in [9.17, 15) is 9.90 Å². The lowest BCUT2D eigenvalue weighted by Gasteiger charge is -2.42. The van der Waals surface area contributed by atoms with Crippen LogP contribution < -0.4 is 0 Å². The highest BCUT2D eigenvalue weighted by Gasteiger charge is 2.36. The van der Waals surface area contributed by atoms with E-state index in [2.05, 4.69) is 4.98 Å². The Hall–Kier alpha value is -1.40. The SMILES string of the molecule is Cn1cnc(C(=O)N2CC(CO)OC(C)(C)C2)c1. The van der Waals surface area contributed by atoms with E-state index in [1.165, 1.54) is 0 Å². The largest absolute Gasteiger partial charge is 0.394 e. The van der Waals surface area contributed by atoms with E-state index < -0.39 is 5.60 Å². The second-order valence-electron chi connectivity index (χ2n) is 5.29. The summed E-state index contributed by atoms with van der Waals surface area (Å²) < 4.78 is 7.41. The summed E-state index contributed by atoms with van der Waals surface area (Å²) in [5.41, 5.74) is -0.0253. The Kier molecular flexibility index (Phi) is 3.41. The second kappa shape index (κ2) is 4.70. The summed E-state index contributed by atoms with van der Waals surface area (Å²) in [6.45, 7) is 4.63. The van der Waals surface area contributed by atoms with Crippen molar-refractivity contribution in [2.75, 3.05) is 19.7 Å². The third-order valence-electron chi connectivity index (χ3n) is 2.90. The molecule has 2 rings (SSSR count). The fraction of sp³-hybridized carbons (Fsp3) is 0.667. The third kappa shape index (κ3) is 2.70. The van der Waals surface area contributed by atoms with Crippen molar-refractivity contribution in [3.63, 3.8) is 0 Å². The van der Waals surface area contributed by atoms with Crippen LogP contribution in [0.1, 0.15) is 24.3 Å². The van der Waals surface area contributed by atoms with Crippen LogP contribution in [0.15, 0.2) is 12.5 Å². The first-order valence-corrected chi connectivity index (χ1v) is 5.97. The van der Waals surface area contributed by atoms with Gasteiger partial charge in [0.25, 0.3) is 5.91 Å². The first-order chi connectivity index (χ1) is 8.41. The molecule has 6 nitrogen and oxygen atoms in total. The maximum atomic E-state index is 12.3. The number of hydrogen-bond donors (Lipinski definition) is 1. The lowest BCUT2D eigenvalue weighted by molar-refractivity contribution is -0.139. The summed E-state index contributed by atoms with van der Waals surface area (Å²) in [6, 6.07) is 0. The molecular formula is C12H19N3O3. The number of morpholine rings is 1. The van der Waals surface area contributed by atoms with Gasteiger partial charge in [-0.2, -0.15) is 0 Å². The maximum absolute atomic E-state index is 12.3. The van der Waals surface area contributed by atoms with Gasteiger partial charge in [0.1, 0.15) is 5.69 Å². The van der Waals surface area contributed by atoms with E-state index >= 15 is 0 Å². The Morgan fingerprint density at radius 1 is 1.67 bits per heavy atom. The van der Waals surface area contributed by atoms with Crippen LogP contribution in [0, 0.1) is 0 Å². The van der Waals surface area contributed by atoms with Crippen molar-refractivity contribution in [2.24, 2.45) is 7.05 Å². The zero-order valence-corrected chi connectivity index (χ0v) is 11.0. The molecule has 1 aromatic rings. The van der Waals surface area contributed by atoms with Gasteiger partial charge in [-0.05, 0) is 13.8 Å². The Morgan fingerprint density at radius 3 is 2.94 bits per heavy atom. The number of amides is 1. The summed E-state index contributed by atoms with van der Waals surface area (Å²) >= 11 is 0. The highest BCUT2D eigenvalue weighted by Crippen LogP contribution is 2.22. The average Bonchev–Trinajstić information content (AvgIpc) is 2.72. The molecule has 0 spiro atoms. The molecule has 1 fully saturated rings.